The molecule has 0 N–H and O–H groups in total. The first-order chi connectivity index (χ1) is 17.4. The van der Waals surface area contributed by atoms with Gasteiger partial charge in [0.2, 0.25) is 0 Å². The second kappa shape index (κ2) is 11.7. The Morgan fingerprint density at radius 1 is 0.703 bits per heavy atom. The zero-order chi connectivity index (χ0) is 27.2. The zero-order valence-corrected chi connectivity index (χ0v) is 19.5. The third kappa shape index (κ3) is 7.96. The van der Waals surface area contributed by atoms with E-state index in [1.54, 1.807) is 0 Å². The van der Waals surface area contributed by atoms with Crippen LogP contribution in [-0.2, 0) is 25.4 Å². The van der Waals surface area contributed by atoms with Gasteiger partial charge < -0.3 is 9.47 Å². The number of hydrogen-bond acceptors (Lipinski definition) is 2. The topological polar surface area (TPSA) is 18.5 Å². The molecule has 0 amide bonds. The largest absolute Gasteiger partial charge is 0.459 e. The van der Waals surface area contributed by atoms with Crippen molar-refractivity contribution in [2.75, 3.05) is 0 Å². The highest BCUT2D eigenvalue weighted by Gasteiger charge is 2.38. The van der Waals surface area contributed by atoms with Crippen molar-refractivity contribution >= 4 is 0 Å². The molecule has 0 radical (unpaired) electrons. The van der Waals surface area contributed by atoms with E-state index in [1.165, 1.54) is 11.6 Å². The molecular weight excluding hydrogens is 508 g/mol. The van der Waals surface area contributed by atoms with Crippen LogP contribution < -0.4 is 9.47 Å². The normalized spacial score (nSPS) is 12.2. The monoisotopic (exact) mass is 530 g/mol. The van der Waals surface area contributed by atoms with Crippen LogP contribution in [0.5, 0.6) is 11.5 Å². The summed E-state index contributed by atoms with van der Waals surface area (Å²) in [7, 11) is 0. The van der Waals surface area contributed by atoms with Gasteiger partial charge >= 0.3 is 12.3 Å². The second-order valence-electron chi connectivity index (χ2n) is 8.18. The van der Waals surface area contributed by atoms with Crippen molar-refractivity contribution in [1.29, 1.82) is 0 Å². The molecule has 0 fully saturated rings. The van der Waals surface area contributed by atoms with Crippen molar-refractivity contribution < 1.29 is 44.6 Å². The molecule has 198 valence electrons. The van der Waals surface area contributed by atoms with Crippen LogP contribution in [0.3, 0.4) is 0 Å². The first kappa shape index (κ1) is 28.0. The van der Waals surface area contributed by atoms with Gasteiger partial charge in [-0.15, -0.1) is 0 Å². The number of hydrogen-bond donors (Lipinski definition) is 0. The highest BCUT2D eigenvalue weighted by atomic mass is 19.4. The van der Waals surface area contributed by atoms with Crippen LogP contribution in [0, 0.1) is 17.5 Å². The summed E-state index contributed by atoms with van der Waals surface area (Å²) in [5.74, 6) is -6.76. The quantitative estimate of drug-likeness (QED) is 0.194. The Morgan fingerprint density at radius 2 is 1.24 bits per heavy atom. The summed E-state index contributed by atoms with van der Waals surface area (Å²) in [6.07, 6.45) is -6.60. The molecular formula is C27H22F8O2. The van der Waals surface area contributed by atoms with Crippen molar-refractivity contribution in [1.82, 2.24) is 0 Å². The standard InChI is InChI=1S/C27H22F8O2/c1-2-3-17-4-6-18(7-5-17)8-9-19-10-11-21(22(28)14-19)27(34,35)37-20-15-23(29)25(24(30)16-20)36-13-12-26(31,32)33/h4-7,10-16H,2-3,8-9H2,1H3/b13-12+. The van der Waals surface area contributed by atoms with Crippen molar-refractivity contribution in [2.24, 2.45) is 0 Å². The van der Waals surface area contributed by atoms with E-state index >= 15 is 0 Å². The Morgan fingerprint density at radius 3 is 1.78 bits per heavy atom. The predicted octanol–water partition coefficient (Wildman–Crippen LogP) is 8.42. The van der Waals surface area contributed by atoms with Gasteiger partial charge in [0.1, 0.15) is 11.6 Å². The van der Waals surface area contributed by atoms with Gasteiger partial charge in [-0.05, 0) is 48.1 Å². The predicted molar refractivity (Wildman–Crippen MR) is 121 cm³/mol. The third-order valence-electron chi connectivity index (χ3n) is 5.27. The smallest absolute Gasteiger partial charge is 0.429 e. The number of alkyl halides is 5. The van der Waals surface area contributed by atoms with Crippen LogP contribution >= 0.6 is 0 Å². The highest BCUT2D eigenvalue weighted by Crippen LogP contribution is 2.36. The van der Waals surface area contributed by atoms with Crippen LogP contribution in [0.4, 0.5) is 35.1 Å². The molecule has 2 nitrogen and oxygen atoms in total. The summed E-state index contributed by atoms with van der Waals surface area (Å²) in [5.41, 5.74) is 1.50. The summed E-state index contributed by atoms with van der Waals surface area (Å²) < 4.78 is 117. The van der Waals surface area contributed by atoms with Gasteiger partial charge in [-0.2, -0.15) is 22.0 Å². The van der Waals surface area contributed by atoms with Gasteiger partial charge in [0.25, 0.3) is 0 Å². The first-order valence-electron chi connectivity index (χ1n) is 11.2. The van der Waals surface area contributed by atoms with Gasteiger partial charge in [0.05, 0.1) is 17.9 Å². The minimum Gasteiger partial charge on any atom is -0.459 e. The lowest BCUT2D eigenvalue weighted by Gasteiger charge is -2.20. The highest BCUT2D eigenvalue weighted by molar-refractivity contribution is 5.36. The molecule has 10 heteroatoms. The number of ether oxygens (including phenoxy) is 2. The summed E-state index contributed by atoms with van der Waals surface area (Å²) in [6.45, 7) is 2.08. The van der Waals surface area contributed by atoms with Gasteiger partial charge in [-0.1, -0.05) is 43.7 Å². The van der Waals surface area contributed by atoms with E-state index in [0.717, 1.165) is 30.5 Å². The van der Waals surface area contributed by atoms with Gasteiger partial charge in [0, 0.05) is 12.1 Å². The summed E-state index contributed by atoms with van der Waals surface area (Å²) in [6, 6.07) is 11.5. The van der Waals surface area contributed by atoms with E-state index in [0.29, 0.717) is 18.4 Å². The fourth-order valence-electron chi connectivity index (χ4n) is 3.49. The molecule has 0 heterocycles. The molecule has 0 atom stereocenters. The molecule has 3 aromatic carbocycles. The van der Waals surface area contributed by atoms with Crippen LogP contribution in [-0.4, -0.2) is 6.18 Å². The number of benzene rings is 3. The van der Waals surface area contributed by atoms with E-state index in [4.69, 9.17) is 0 Å². The van der Waals surface area contributed by atoms with Crippen molar-refractivity contribution in [3.05, 3.63) is 107 Å². The van der Waals surface area contributed by atoms with Crippen LogP contribution in [0.1, 0.15) is 35.6 Å². The Labute approximate surface area is 208 Å². The first-order valence-corrected chi connectivity index (χ1v) is 11.2. The van der Waals surface area contributed by atoms with Crippen molar-refractivity contribution in [3.8, 4) is 11.5 Å². The lowest BCUT2D eigenvalue weighted by Crippen LogP contribution is -2.23. The van der Waals surface area contributed by atoms with E-state index in [-0.39, 0.29) is 18.4 Å². The Kier molecular flexibility index (Phi) is 8.83. The minimum absolute atomic E-state index is 0.00491. The average molecular weight is 530 g/mol. The van der Waals surface area contributed by atoms with E-state index in [1.807, 2.05) is 24.3 Å². The maximum absolute atomic E-state index is 14.6. The molecule has 0 aromatic heterocycles. The molecule has 3 rings (SSSR count). The SMILES string of the molecule is CCCc1ccc(CCc2ccc(C(F)(F)Oc3cc(F)c(O/C=C/C(F)(F)F)c(F)c3)c(F)c2)cc1. The summed E-state index contributed by atoms with van der Waals surface area (Å²) >= 11 is 0. The van der Waals surface area contributed by atoms with E-state index in [2.05, 4.69) is 16.4 Å². The fraction of sp³-hybridized carbons (Fsp3) is 0.259. The molecule has 0 bridgehead atoms. The summed E-state index contributed by atoms with van der Waals surface area (Å²) in [4.78, 5) is 0. The number of aryl methyl sites for hydroxylation is 3. The van der Waals surface area contributed by atoms with Gasteiger partial charge in [-0.25, -0.2) is 13.2 Å². The lowest BCUT2D eigenvalue weighted by atomic mass is 10.0. The Bertz CT molecular complexity index is 1210. The van der Waals surface area contributed by atoms with Crippen LogP contribution in [0.25, 0.3) is 0 Å². The van der Waals surface area contributed by atoms with E-state index < -0.39 is 52.9 Å². The van der Waals surface area contributed by atoms with Crippen molar-refractivity contribution in [3.63, 3.8) is 0 Å². The molecule has 0 unspecified atom stereocenters. The lowest BCUT2D eigenvalue weighted by molar-refractivity contribution is -0.187. The maximum atomic E-state index is 14.6. The van der Waals surface area contributed by atoms with Gasteiger partial charge in [-0.3, -0.25) is 0 Å². The third-order valence-corrected chi connectivity index (χ3v) is 5.27. The zero-order valence-electron chi connectivity index (χ0n) is 19.5. The molecule has 0 aliphatic rings. The molecule has 0 aliphatic heterocycles. The Balaban J connectivity index is 1.69. The van der Waals surface area contributed by atoms with Crippen molar-refractivity contribution in [2.45, 2.75) is 44.9 Å². The van der Waals surface area contributed by atoms with Gasteiger partial charge in [0.15, 0.2) is 17.4 Å². The minimum atomic E-state index is -4.79. The Hall–Kier alpha value is -3.56. The van der Waals surface area contributed by atoms with Crippen LogP contribution in [0.2, 0.25) is 0 Å². The molecule has 0 saturated heterocycles. The summed E-state index contributed by atoms with van der Waals surface area (Å²) in [5, 5.41) is 0. The fourth-order valence-corrected chi connectivity index (χ4v) is 3.49. The van der Waals surface area contributed by atoms with Crippen LogP contribution in [0.15, 0.2) is 66.9 Å². The number of allylic oxidation sites excluding steroid dienone is 1. The maximum Gasteiger partial charge on any atom is 0.429 e. The molecule has 0 aliphatic carbocycles. The molecule has 37 heavy (non-hydrogen) atoms. The molecule has 0 saturated carbocycles. The average Bonchev–Trinajstić information content (AvgIpc) is 2.79. The number of rotatable bonds is 10. The molecule has 0 spiro atoms. The molecule has 3 aromatic rings. The van der Waals surface area contributed by atoms with E-state index in [9.17, 15) is 35.1 Å². The second-order valence-corrected chi connectivity index (χ2v) is 8.18. The number of halogens is 8.